The van der Waals surface area contributed by atoms with Crippen LogP contribution in [0.4, 0.5) is 11.5 Å². The van der Waals surface area contributed by atoms with Crippen LogP contribution in [-0.4, -0.2) is 36.8 Å². The molecule has 0 radical (unpaired) electrons. The minimum absolute atomic E-state index is 0.284. The number of pyridine rings is 1. The van der Waals surface area contributed by atoms with E-state index < -0.39 is 5.97 Å². The fourth-order valence-corrected chi connectivity index (χ4v) is 2.61. The molecule has 0 spiro atoms. The maximum atomic E-state index is 11.8. The summed E-state index contributed by atoms with van der Waals surface area (Å²) >= 11 is 0. The van der Waals surface area contributed by atoms with Crippen LogP contribution in [0.2, 0.25) is 0 Å². The zero-order chi connectivity index (χ0) is 15.2. The molecular weight excluding hydrogens is 270 g/mol. The summed E-state index contributed by atoms with van der Waals surface area (Å²) < 4.78 is 10.6. The quantitative estimate of drug-likeness (QED) is 0.781. The van der Waals surface area contributed by atoms with Gasteiger partial charge >= 0.3 is 5.97 Å². The van der Waals surface area contributed by atoms with E-state index in [1.807, 2.05) is 0 Å². The highest BCUT2D eigenvalue weighted by molar-refractivity contribution is 5.97. The van der Waals surface area contributed by atoms with E-state index in [4.69, 9.17) is 15.2 Å². The Morgan fingerprint density at radius 1 is 1.57 bits per heavy atom. The third-order valence-corrected chi connectivity index (χ3v) is 3.77. The van der Waals surface area contributed by atoms with Gasteiger partial charge in [0.15, 0.2) is 0 Å². The van der Waals surface area contributed by atoms with E-state index in [1.165, 1.54) is 0 Å². The monoisotopic (exact) mass is 293 g/mol. The number of hydrogen-bond acceptors (Lipinski definition) is 6. The molecule has 0 bridgehead atoms. The fourth-order valence-electron chi connectivity index (χ4n) is 2.61. The minimum atomic E-state index is -0.420. The van der Waals surface area contributed by atoms with Gasteiger partial charge in [0.1, 0.15) is 5.82 Å². The molecule has 116 valence electrons. The lowest BCUT2D eigenvalue weighted by Gasteiger charge is -2.18. The third-order valence-electron chi connectivity index (χ3n) is 3.77. The van der Waals surface area contributed by atoms with Crippen molar-refractivity contribution in [3.8, 4) is 0 Å². The van der Waals surface area contributed by atoms with Crippen LogP contribution in [0.25, 0.3) is 0 Å². The van der Waals surface area contributed by atoms with Gasteiger partial charge in [-0.1, -0.05) is 6.92 Å². The first-order valence-electron chi connectivity index (χ1n) is 7.44. The van der Waals surface area contributed by atoms with Gasteiger partial charge in [0.2, 0.25) is 0 Å². The SMILES string of the molecule is CCOC(=O)c1ccnc(NCC2CCOC2CC)c1N. The van der Waals surface area contributed by atoms with Crippen LogP contribution < -0.4 is 11.1 Å². The largest absolute Gasteiger partial charge is 0.462 e. The van der Waals surface area contributed by atoms with Crippen molar-refractivity contribution in [2.24, 2.45) is 5.92 Å². The Kier molecular flexibility index (Phi) is 5.38. The number of nitrogen functional groups attached to an aromatic ring is 1. The van der Waals surface area contributed by atoms with Crippen molar-refractivity contribution in [2.45, 2.75) is 32.8 Å². The van der Waals surface area contributed by atoms with Crippen LogP contribution >= 0.6 is 0 Å². The maximum absolute atomic E-state index is 11.8. The molecule has 2 unspecified atom stereocenters. The average molecular weight is 293 g/mol. The number of aromatic nitrogens is 1. The lowest BCUT2D eigenvalue weighted by atomic mass is 10.00. The minimum Gasteiger partial charge on any atom is -0.462 e. The van der Waals surface area contributed by atoms with E-state index in [-0.39, 0.29) is 6.10 Å². The van der Waals surface area contributed by atoms with Gasteiger partial charge in [0.05, 0.1) is 24.0 Å². The zero-order valence-electron chi connectivity index (χ0n) is 12.6. The molecule has 1 fully saturated rings. The number of rotatable bonds is 6. The number of nitrogens with one attached hydrogen (secondary N) is 1. The molecule has 2 rings (SSSR count). The fraction of sp³-hybridized carbons (Fsp3) is 0.600. The molecule has 1 aromatic heterocycles. The molecule has 1 aliphatic heterocycles. The van der Waals surface area contributed by atoms with Crippen LogP contribution in [0.1, 0.15) is 37.0 Å². The number of anilines is 2. The zero-order valence-corrected chi connectivity index (χ0v) is 12.6. The van der Waals surface area contributed by atoms with Crippen LogP contribution in [0.5, 0.6) is 0 Å². The molecule has 0 aromatic carbocycles. The van der Waals surface area contributed by atoms with Crippen molar-refractivity contribution >= 4 is 17.5 Å². The summed E-state index contributed by atoms with van der Waals surface area (Å²) in [6, 6.07) is 1.58. The lowest BCUT2D eigenvalue weighted by molar-refractivity contribution is 0.0527. The highest BCUT2D eigenvalue weighted by Crippen LogP contribution is 2.26. The van der Waals surface area contributed by atoms with Gasteiger partial charge in [-0.3, -0.25) is 0 Å². The number of ether oxygens (including phenoxy) is 2. The number of carbonyl (C=O) groups excluding carboxylic acids is 1. The Morgan fingerprint density at radius 2 is 2.38 bits per heavy atom. The van der Waals surface area contributed by atoms with Crippen LogP contribution in [0.15, 0.2) is 12.3 Å². The predicted octanol–water partition coefficient (Wildman–Crippen LogP) is 2.07. The van der Waals surface area contributed by atoms with Gasteiger partial charge in [0.25, 0.3) is 0 Å². The Hall–Kier alpha value is -1.82. The molecule has 1 saturated heterocycles. The normalized spacial score (nSPS) is 21.2. The Balaban J connectivity index is 2.03. The van der Waals surface area contributed by atoms with Crippen molar-refractivity contribution < 1.29 is 14.3 Å². The molecular formula is C15H23N3O3. The van der Waals surface area contributed by atoms with Gasteiger partial charge in [-0.05, 0) is 25.8 Å². The first-order valence-corrected chi connectivity index (χ1v) is 7.44. The molecule has 2 atom stereocenters. The summed E-state index contributed by atoms with van der Waals surface area (Å²) in [7, 11) is 0. The molecule has 6 nitrogen and oxygen atoms in total. The van der Waals surface area contributed by atoms with Gasteiger partial charge in [-0.25, -0.2) is 9.78 Å². The van der Waals surface area contributed by atoms with Crippen molar-refractivity contribution in [3.05, 3.63) is 17.8 Å². The van der Waals surface area contributed by atoms with Gasteiger partial charge in [0, 0.05) is 25.3 Å². The van der Waals surface area contributed by atoms with E-state index in [1.54, 1.807) is 19.2 Å². The number of nitrogens with two attached hydrogens (primary N) is 1. The highest BCUT2D eigenvalue weighted by Gasteiger charge is 2.26. The van der Waals surface area contributed by atoms with E-state index >= 15 is 0 Å². The van der Waals surface area contributed by atoms with Crippen molar-refractivity contribution in [2.75, 3.05) is 30.8 Å². The summed E-state index contributed by atoms with van der Waals surface area (Å²) in [5.41, 5.74) is 6.70. The van der Waals surface area contributed by atoms with Gasteiger partial charge in [-0.2, -0.15) is 0 Å². The third kappa shape index (κ3) is 3.64. The van der Waals surface area contributed by atoms with E-state index in [2.05, 4.69) is 17.2 Å². The first-order chi connectivity index (χ1) is 10.2. The highest BCUT2D eigenvalue weighted by atomic mass is 16.5. The molecule has 0 aliphatic carbocycles. The van der Waals surface area contributed by atoms with Crippen LogP contribution in [-0.2, 0) is 9.47 Å². The van der Waals surface area contributed by atoms with E-state index in [9.17, 15) is 4.79 Å². The molecule has 0 amide bonds. The van der Waals surface area contributed by atoms with Gasteiger partial charge < -0.3 is 20.5 Å². The molecule has 3 N–H and O–H groups in total. The number of nitrogens with zero attached hydrogens (tertiary/aromatic N) is 1. The van der Waals surface area contributed by atoms with Crippen LogP contribution in [0, 0.1) is 5.92 Å². The summed E-state index contributed by atoms with van der Waals surface area (Å²) in [5, 5.41) is 3.23. The van der Waals surface area contributed by atoms with E-state index in [0.29, 0.717) is 29.6 Å². The van der Waals surface area contributed by atoms with Crippen molar-refractivity contribution in [1.29, 1.82) is 0 Å². The Morgan fingerprint density at radius 3 is 3.10 bits per heavy atom. The lowest BCUT2D eigenvalue weighted by Crippen LogP contribution is -2.23. The average Bonchev–Trinajstić information content (AvgIpc) is 2.94. The van der Waals surface area contributed by atoms with Gasteiger partial charge in [-0.15, -0.1) is 0 Å². The summed E-state index contributed by atoms with van der Waals surface area (Å²) in [5.74, 6) is 0.556. The molecule has 0 saturated carbocycles. The summed E-state index contributed by atoms with van der Waals surface area (Å²) in [6.45, 7) is 5.75. The second-order valence-electron chi connectivity index (χ2n) is 5.09. The number of hydrogen-bond donors (Lipinski definition) is 2. The predicted molar refractivity (Wildman–Crippen MR) is 81.2 cm³/mol. The smallest absolute Gasteiger partial charge is 0.340 e. The standard InChI is InChI=1S/C15H23N3O3/c1-3-12-10(6-8-21-12)9-18-14-13(16)11(5-7-17-14)15(19)20-4-2/h5,7,10,12H,3-4,6,8-9,16H2,1-2H3,(H,17,18). The summed E-state index contributed by atoms with van der Waals surface area (Å²) in [6.07, 6.45) is 3.88. The number of carbonyl (C=O) groups is 1. The second-order valence-corrected chi connectivity index (χ2v) is 5.09. The van der Waals surface area contributed by atoms with Crippen LogP contribution in [0.3, 0.4) is 0 Å². The molecule has 2 heterocycles. The Bertz CT molecular complexity index is 493. The molecule has 21 heavy (non-hydrogen) atoms. The number of esters is 1. The van der Waals surface area contributed by atoms with Crippen molar-refractivity contribution in [1.82, 2.24) is 4.98 Å². The molecule has 1 aliphatic rings. The molecule has 6 heteroatoms. The molecule has 1 aromatic rings. The Labute approximate surface area is 125 Å². The van der Waals surface area contributed by atoms with E-state index in [0.717, 1.165) is 26.0 Å². The van der Waals surface area contributed by atoms with Crippen molar-refractivity contribution in [3.63, 3.8) is 0 Å². The topological polar surface area (TPSA) is 86.5 Å². The second kappa shape index (κ2) is 7.26. The summed E-state index contributed by atoms with van der Waals surface area (Å²) in [4.78, 5) is 16.0. The maximum Gasteiger partial charge on any atom is 0.340 e. The first kappa shape index (κ1) is 15.6.